The standard InChI is InChI=1S/C12H14O2/c1-3-5-8-7(4-2)6-9-10(8)11(9)12(13)14/h3-5,9-11H,2,6H2,1H3,(H,13,14)/b5-3-. The van der Waals surface area contributed by atoms with Gasteiger partial charge in [-0.2, -0.15) is 0 Å². The highest BCUT2D eigenvalue weighted by atomic mass is 16.4. The number of rotatable bonds is 3. The van der Waals surface area contributed by atoms with Crippen LogP contribution in [0.3, 0.4) is 0 Å². The Bertz CT molecular complexity index is 349. The smallest absolute Gasteiger partial charge is 0.307 e. The fourth-order valence-electron chi connectivity index (χ4n) is 2.57. The highest BCUT2D eigenvalue weighted by Crippen LogP contribution is 2.60. The second kappa shape index (κ2) is 3.12. The van der Waals surface area contributed by atoms with E-state index in [0.717, 1.165) is 6.42 Å². The molecular weight excluding hydrogens is 176 g/mol. The molecule has 0 amide bonds. The van der Waals surface area contributed by atoms with E-state index in [2.05, 4.69) is 6.58 Å². The summed E-state index contributed by atoms with van der Waals surface area (Å²) in [5.74, 6) is -0.182. The first-order valence-electron chi connectivity index (χ1n) is 4.91. The molecule has 0 saturated heterocycles. The number of carbonyl (C=O) groups is 1. The van der Waals surface area contributed by atoms with Crippen LogP contribution in [0.1, 0.15) is 13.3 Å². The number of allylic oxidation sites excluding steroid dienone is 5. The van der Waals surface area contributed by atoms with Gasteiger partial charge in [-0.1, -0.05) is 24.8 Å². The minimum Gasteiger partial charge on any atom is -0.481 e. The highest BCUT2D eigenvalue weighted by molar-refractivity contribution is 5.77. The number of carboxylic acids is 1. The van der Waals surface area contributed by atoms with E-state index < -0.39 is 5.97 Å². The van der Waals surface area contributed by atoms with Gasteiger partial charge in [0.2, 0.25) is 0 Å². The van der Waals surface area contributed by atoms with Crippen molar-refractivity contribution in [2.24, 2.45) is 17.8 Å². The molecule has 0 aromatic heterocycles. The largest absolute Gasteiger partial charge is 0.481 e. The van der Waals surface area contributed by atoms with E-state index in [1.54, 1.807) is 0 Å². The lowest BCUT2D eigenvalue weighted by molar-refractivity contribution is -0.139. The topological polar surface area (TPSA) is 37.3 Å². The van der Waals surface area contributed by atoms with Crippen molar-refractivity contribution < 1.29 is 9.90 Å². The maximum Gasteiger partial charge on any atom is 0.307 e. The quantitative estimate of drug-likeness (QED) is 0.742. The molecule has 1 saturated carbocycles. The normalized spacial score (nSPS) is 34.8. The summed E-state index contributed by atoms with van der Waals surface area (Å²) in [7, 11) is 0. The summed E-state index contributed by atoms with van der Waals surface area (Å²) in [5, 5.41) is 8.93. The number of hydrogen-bond acceptors (Lipinski definition) is 1. The number of aliphatic carboxylic acids is 1. The van der Waals surface area contributed by atoms with E-state index in [9.17, 15) is 4.79 Å². The summed E-state index contributed by atoms with van der Waals surface area (Å²) in [6, 6.07) is 0. The van der Waals surface area contributed by atoms with E-state index in [-0.39, 0.29) is 11.8 Å². The van der Waals surface area contributed by atoms with Crippen molar-refractivity contribution >= 4 is 5.97 Å². The van der Waals surface area contributed by atoms with Crippen LogP contribution in [-0.4, -0.2) is 11.1 Å². The zero-order valence-electron chi connectivity index (χ0n) is 8.23. The molecule has 0 bridgehead atoms. The van der Waals surface area contributed by atoms with Gasteiger partial charge in [0.1, 0.15) is 0 Å². The van der Waals surface area contributed by atoms with Crippen molar-refractivity contribution in [3.63, 3.8) is 0 Å². The molecule has 2 aliphatic rings. The Labute approximate surface area is 83.6 Å². The molecule has 0 spiro atoms. The summed E-state index contributed by atoms with van der Waals surface area (Å²) < 4.78 is 0. The minimum absolute atomic E-state index is 0.134. The van der Waals surface area contributed by atoms with Crippen molar-refractivity contribution in [3.8, 4) is 0 Å². The van der Waals surface area contributed by atoms with Crippen molar-refractivity contribution in [1.82, 2.24) is 0 Å². The van der Waals surface area contributed by atoms with Gasteiger partial charge in [0.25, 0.3) is 0 Å². The van der Waals surface area contributed by atoms with Gasteiger partial charge in [0, 0.05) is 5.92 Å². The molecule has 2 nitrogen and oxygen atoms in total. The fraction of sp³-hybridized carbons (Fsp3) is 0.417. The fourth-order valence-corrected chi connectivity index (χ4v) is 2.57. The van der Waals surface area contributed by atoms with Crippen LogP contribution in [0, 0.1) is 17.8 Å². The maximum atomic E-state index is 10.8. The molecule has 14 heavy (non-hydrogen) atoms. The van der Waals surface area contributed by atoms with E-state index in [1.165, 1.54) is 11.1 Å². The first-order valence-corrected chi connectivity index (χ1v) is 4.91. The third kappa shape index (κ3) is 1.14. The van der Waals surface area contributed by atoms with Gasteiger partial charge in [-0.3, -0.25) is 4.79 Å². The Morgan fingerprint density at radius 1 is 1.64 bits per heavy atom. The highest BCUT2D eigenvalue weighted by Gasteiger charge is 2.59. The Balaban J connectivity index is 2.25. The maximum absolute atomic E-state index is 10.8. The monoisotopic (exact) mass is 190 g/mol. The molecule has 3 atom stereocenters. The van der Waals surface area contributed by atoms with Crippen LogP contribution in [0.5, 0.6) is 0 Å². The summed E-state index contributed by atoms with van der Waals surface area (Å²) in [4.78, 5) is 10.8. The third-order valence-corrected chi connectivity index (χ3v) is 3.23. The van der Waals surface area contributed by atoms with Crippen molar-refractivity contribution in [2.75, 3.05) is 0 Å². The molecule has 0 heterocycles. The van der Waals surface area contributed by atoms with Crippen LogP contribution in [0.25, 0.3) is 0 Å². The van der Waals surface area contributed by atoms with Gasteiger partial charge in [-0.15, -0.1) is 0 Å². The Morgan fingerprint density at radius 3 is 2.86 bits per heavy atom. The summed E-state index contributed by atoms with van der Waals surface area (Å²) >= 11 is 0. The minimum atomic E-state index is -0.648. The molecule has 2 heteroatoms. The van der Waals surface area contributed by atoms with Crippen LogP contribution < -0.4 is 0 Å². The van der Waals surface area contributed by atoms with Gasteiger partial charge >= 0.3 is 5.97 Å². The van der Waals surface area contributed by atoms with Gasteiger partial charge in [-0.25, -0.2) is 0 Å². The second-order valence-electron chi connectivity index (χ2n) is 3.94. The van der Waals surface area contributed by atoms with Crippen molar-refractivity contribution in [3.05, 3.63) is 36.0 Å². The molecule has 74 valence electrons. The van der Waals surface area contributed by atoms with Gasteiger partial charge in [-0.05, 0) is 30.4 Å². The second-order valence-corrected chi connectivity index (χ2v) is 3.94. The first kappa shape index (κ1) is 9.25. The van der Waals surface area contributed by atoms with E-state index in [0.29, 0.717) is 5.92 Å². The molecule has 0 aromatic carbocycles. The molecule has 2 aliphatic carbocycles. The lowest BCUT2D eigenvalue weighted by atomic mass is 10.0. The average molecular weight is 190 g/mol. The number of hydrogen-bond donors (Lipinski definition) is 1. The lowest BCUT2D eigenvalue weighted by Gasteiger charge is -2.03. The predicted octanol–water partition coefficient (Wildman–Crippen LogP) is 2.40. The molecular formula is C12H14O2. The van der Waals surface area contributed by atoms with Crippen molar-refractivity contribution in [1.29, 1.82) is 0 Å². The van der Waals surface area contributed by atoms with Gasteiger partial charge in [0.15, 0.2) is 0 Å². The molecule has 0 radical (unpaired) electrons. The summed E-state index contributed by atoms with van der Waals surface area (Å²) in [5.41, 5.74) is 2.43. The Kier molecular flexibility index (Phi) is 2.06. The van der Waals surface area contributed by atoms with Crippen LogP contribution >= 0.6 is 0 Å². The SMILES string of the molecule is C=CC1=C(/C=C\C)C2C(C1)C2C(=O)O. The zero-order chi connectivity index (χ0) is 10.3. The van der Waals surface area contributed by atoms with Crippen LogP contribution in [0.2, 0.25) is 0 Å². The Hall–Kier alpha value is -1.31. The number of fused-ring (bicyclic) bond motifs is 1. The van der Waals surface area contributed by atoms with Crippen LogP contribution in [-0.2, 0) is 4.79 Å². The van der Waals surface area contributed by atoms with Gasteiger partial charge in [0.05, 0.1) is 5.92 Å². The first-order chi connectivity index (χ1) is 6.70. The van der Waals surface area contributed by atoms with Crippen LogP contribution in [0.15, 0.2) is 36.0 Å². The molecule has 1 N–H and O–H groups in total. The van der Waals surface area contributed by atoms with E-state index in [1.807, 2.05) is 25.2 Å². The lowest BCUT2D eigenvalue weighted by Crippen LogP contribution is -2.04. The van der Waals surface area contributed by atoms with E-state index in [4.69, 9.17) is 5.11 Å². The van der Waals surface area contributed by atoms with E-state index >= 15 is 0 Å². The molecule has 1 fully saturated rings. The molecule has 0 aliphatic heterocycles. The van der Waals surface area contributed by atoms with Crippen LogP contribution in [0.4, 0.5) is 0 Å². The summed E-state index contributed by atoms with van der Waals surface area (Å²) in [6.45, 7) is 5.72. The predicted molar refractivity (Wildman–Crippen MR) is 54.8 cm³/mol. The average Bonchev–Trinajstić information content (AvgIpc) is 2.76. The molecule has 0 aromatic rings. The van der Waals surface area contributed by atoms with Gasteiger partial charge < -0.3 is 5.11 Å². The third-order valence-electron chi connectivity index (χ3n) is 3.23. The zero-order valence-corrected chi connectivity index (χ0v) is 8.23. The Morgan fingerprint density at radius 2 is 2.36 bits per heavy atom. The number of carboxylic acid groups (broad SMARTS) is 1. The summed E-state index contributed by atoms with van der Waals surface area (Å²) in [6.07, 6.45) is 6.76. The van der Waals surface area contributed by atoms with Crippen molar-refractivity contribution in [2.45, 2.75) is 13.3 Å². The molecule has 2 rings (SSSR count). The molecule has 3 unspecified atom stereocenters.